The Morgan fingerprint density at radius 1 is 1.04 bits per heavy atom. The van der Waals surface area contributed by atoms with Gasteiger partial charge in [-0.25, -0.2) is 14.6 Å². The Morgan fingerprint density at radius 3 is 2.82 bits per heavy atom. The Bertz CT molecular complexity index is 1110. The van der Waals surface area contributed by atoms with E-state index in [9.17, 15) is 4.79 Å². The van der Waals surface area contributed by atoms with Crippen molar-refractivity contribution in [2.75, 3.05) is 13.1 Å². The van der Waals surface area contributed by atoms with Crippen LogP contribution in [0, 0.1) is 0 Å². The number of thiazole rings is 1. The van der Waals surface area contributed by atoms with Crippen LogP contribution in [0.25, 0.3) is 10.2 Å². The molecule has 0 spiro atoms. The van der Waals surface area contributed by atoms with Crippen LogP contribution >= 0.6 is 11.3 Å². The van der Waals surface area contributed by atoms with E-state index in [4.69, 9.17) is 4.98 Å². The summed E-state index contributed by atoms with van der Waals surface area (Å²) in [6, 6.07) is 16.0. The molecule has 5 rings (SSSR count). The van der Waals surface area contributed by atoms with E-state index in [0.29, 0.717) is 26.1 Å². The normalized spacial score (nSPS) is 14.1. The number of fused-ring (bicyclic) bond motifs is 2. The molecule has 3 heterocycles. The van der Waals surface area contributed by atoms with Crippen molar-refractivity contribution < 1.29 is 4.79 Å². The number of hydrogen-bond acceptors (Lipinski definition) is 5. The van der Waals surface area contributed by atoms with Gasteiger partial charge >= 0.3 is 0 Å². The average Bonchev–Trinajstić information content (AvgIpc) is 3.30. The summed E-state index contributed by atoms with van der Waals surface area (Å²) in [7, 11) is 0. The van der Waals surface area contributed by atoms with Crippen LogP contribution in [0.15, 0.2) is 54.0 Å². The van der Waals surface area contributed by atoms with Crippen molar-refractivity contribution in [2.45, 2.75) is 19.4 Å². The summed E-state index contributed by atoms with van der Waals surface area (Å²) in [5, 5.41) is 4.67. The summed E-state index contributed by atoms with van der Waals surface area (Å²) in [6.45, 7) is 1.95. The van der Waals surface area contributed by atoms with Crippen molar-refractivity contribution >= 4 is 27.5 Å². The van der Waals surface area contributed by atoms with Crippen molar-refractivity contribution in [2.24, 2.45) is 0 Å². The first kappa shape index (κ1) is 17.1. The molecule has 0 saturated carbocycles. The molecule has 0 fully saturated rings. The molecule has 2 aromatic carbocycles. The molecule has 7 heteroatoms. The first-order chi connectivity index (χ1) is 13.8. The second-order valence-electron chi connectivity index (χ2n) is 6.88. The highest BCUT2D eigenvalue weighted by molar-refractivity contribution is 7.17. The van der Waals surface area contributed by atoms with Gasteiger partial charge in [0.1, 0.15) is 5.82 Å². The van der Waals surface area contributed by atoms with Gasteiger partial charge in [0.15, 0.2) is 5.82 Å². The van der Waals surface area contributed by atoms with Gasteiger partial charge in [-0.15, -0.1) is 11.3 Å². The molecule has 6 nitrogen and oxygen atoms in total. The monoisotopic (exact) mass is 389 g/mol. The fourth-order valence-electron chi connectivity index (χ4n) is 3.63. The molecule has 1 aliphatic heterocycles. The Hall–Kier alpha value is -3.06. The molecule has 0 saturated heterocycles. The highest BCUT2D eigenvalue weighted by atomic mass is 32.1. The summed E-state index contributed by atoms with van der Waals surface area (Å²) in [6.07, 6.45) is 1.45. The van der Waals surface area contributed by atoms with Crippen molar-refractivity contribution in [3.8, 4) is 0 Å². The van der Waals surface area contributed by atoms with Crippen molar-refractivity contribution in [3.63, 3.8) is 0 Å². The lowest BCUT2D eigenvalue weighted by molar-refractivity contribution is 0.0760. The number of carbonyl (C=O) groups excluding carboxylic acids is 1. The van der Waals surface area contributed by atoms with Crippen molar-refractivity contribution in [1.82, 2.24) is 24.6 Å². The Labute approximate surface area is 166 Å². The zero-order valence-electron chi connectivity index (χ0n) is 15.3. The minimum Gasteiger partial charge on any atom is -0.336 e. The molecule has 140 valence electrons. The van der Waals surface area contributed by atoms with Gasteiger partial charge in [-0.1, -0.05) is 36.4 Å². The van der Waals surface area contributed by atoms with E-state index in [1.807, 2.05) is 46.0 Å². The molecule has 0 radical (unpaired) electrons. The summed E-state index contributed by atoms with van der Waals surface area (Å²) in [5.74, 6) is 1.86. The highest BCUT2D eigenvalue weighted by Crippen LogP contribution is 2.24. The van der Waals surface area contributed by atoms with Gasteiger partial charge in [0.05, 0.1) is 27.8 Å². The molecule has 0 aliphatic carbocycles. The smallest absolute Gasteiger partial charge is 0.255 e. The molecule has 0 bridgehead atoms. The maximum atomic E-state index is 13.1. The molecule has 28 heavy (non-hydrogen) atoms. The molecule has 1 amide bonds. The van der Waals surface area contributed by atoms with E-state index in [0.717, 1.165) is 33.8 Å². The van der Waals surface area contributed by atoms with E-state index in [1.54, 1.807) is 5.51 Å². The van der Waals surface area contributed by atoms with Crippen LogP contribution in [-0.4, -0.2) is 43.6 Å². The molecule has 2 aromatic heterocycles. The Kier molecular flexibility index (Phi) is 4.37. The fraction of sp³-hybridized carbons (Fsp3) is 0.238. The fourth-order valence-corrected chi connectivity index (χ4v) is 4.43. The average molecular weight is 389 g/mol. The predicted octanol–water partition coefficient (Wildman–Crippen LogP) is 3.18. The third kappa shape index (κ3) is 3.18. The SMILES string of the molecule is O=C(c1cccc2ncsc12)N1CCc2nc(Cc3ccccc3)nn2CC1. The number of hydrogen-bond donors (Lipinski definition) is 0. The second kappa shape index (κ2) is 7.16. The predicted molar refractivity (Wildman–Crippen MR) is 108 cm³/mol. The van der Waals surface area contributed by atoms with E-state index in [1.165, 1.54) is 16.9 Å². The number of benzene rings is 2. The molecule has 0 unspecified atom stereocenters. The molecule has 0 N–H and O–H groups in total. The van der Waals surface area contributed by atoms with Gasteiger partial charge in [0, 0.05) is 25.9 Å². The summed E-state index contributed by atoms with van der Waals surface area (Å²) >= 11 is 1.51. The first-order valence-corrected chi connectivity index (χ1v) is 10.2. The maximum absolute atomic E-state index is 13.1. The van der Waals surface area contributed by atoms with Crippen LogP contribution in [0.3, 0.4) is 0 Å². The minimum atomic E-state index is 0.0603. The first-order valence-electron chi connectivity index (χ1n) is 9.36. The maximum Gasteiger partial charge on any atom is 0.255 e. The summed E-state index contributed by atoms with van der Waals surface area (Å²) in [5.41, 5.74) is 4.61. The molecule has 1 aliphatic rings. The zero-order valence-corrected chi connectivity index (χ0v) is 16.1. The number of rotatable bonds is 3. The van der Waals surface area contributed by atoms with Crippen molar-refractivity contribution in [3.05, 3.63) is 76.8 Å². The van der Waals surface area contributed by atoms with Crippen LogP contribution < -0.4 is 0 Å². The lowest BCUT2D eigenvalue weighted by atomic mass is 10.1. The molecule has 4 aromatic rings. The van der Waals surface area contributed by atoms with Gasteiger partial charge in [-0.2, -0.15) is 5.10 Å². The Balaban J connectivity index is 1.32. The highest BCUT2D eigenvalue weighted by Gasteiger charge is 2.23. The summed E-state index contributed by atoms with van der Waals surface area (Å²) < 4.78 is 2.91. The summed E-state index contributed by atoms with van der Waals surface area (Å²) in [4.78, 5) is 24.0. The van der Waals surface area contributed by atoms with Crippen LogP contribution in [0.4, 0.5) is 0 Å². The topological polar surface area (TPSA) is 63.9 Å². The van der Waals surface area contributed by atoms with E-state index in [2.05, 4.69) is 22.2 Å². The van der Waals surface area contributed by atoms with Gasteiger partial charge in [-0.3, -0.25) is 4.79 Å². The number of amides is 1. The van der Waals surface area contributed by atoms with Gasteiger partial charge in [0.2, 0.25) is 0 Å². The lowest BCUT2D eigenvalue weighted by Crippen LogP contribution is -2.33. The Morgan fingerprint density at radius 2 is 1.93 bits per heavy atom. The number of aromatic nitrogens is 4. The van der Waals surface area contributed by atoms with E-state index >= 15 is 0 Å². The van der Waals surface area contributed by atoms with Crippen LogP contribution in [0.2, 0.25) is 0 Å². The molecule has 0 atom stereocenters. The minimum absolute atomic E-state index is 0.0603. The van der Waals surface area contributed by atoms with Crippen LogP contribution in [0.1, 0.15) is 27.6 Å². The van der Waals surface area contributed by atoms with Gasteiger partial charge in [-0.05, 0) is 17.7 Å². The third-order valence-corrected chi connectivity index (χ3v) is 5.93. The number of nitrogens with zero attached hydrogens (tertiary/aromatic N) is 5. The van der Waals surface area contributed by atoms with E-state index < -0.39 is 0 Å². The van der Waals surface area contributed by atoms with Gasteiger partial charge < -0.3 is 4.90 Å². The van der Waals surface area contributed by atoms with E-state index in [-0.39, 0.29) is 5.91 Å². The number of carbonyl (C=O) groups is 1. The third-order valence-electron chi connectivity index (χ3n) is 5.06. The second-order valence-corrected chi connectivity index (χ2v) is 7.73. The zero-order chi connectivity index (χ0) is 18.9. The van der Waals surface area contributed by atoms with Gasteiger partial charge in [0.25, 0.3) is 5.91 Å². The molecular formula is C21H19N5OS. The van der Waals surface area contributed by atoms with Crippen LogP contribution in [0.5, 0.6) is 0 Å². The van der Waals surface area contributed by atoms with Crippen molar-refractivity contribution in [1.29, 1.82) is 0 Å². The quantitative estimate of drug-likeness (QED) is 0.540. The molecular weight excluding hydrogens is 370 g/mol. The largest absolute Gasteiger partial charge is 0.336 e. The standard InChI is InChI=1S/C21H19N5OS/c27-21(16-7-4-8-17-20(16)28-14-22-17)25-10-9-19-23-18(24-26(19)12-11-25)13-15-5-2-1-3-6-15/h1-8,14H,9-13H2. The van der Waals surface area contributed by atoms with Crippen LogP contribution in [-0.2, 0) is 19.4 Å². The lowest BCUT2D eigenvalue weighted by Gasteiger charge is -2.20.